The standard InChI is InChI=1S/C63H44O/c1-62(2)54-24-12-8-20-48(54)50-37-34-45(39-57(50)62)47(35-32-42-18-6-7-19-46(42)41-16-4-3-5-17-41)43-30-28-40(29-31-43)44-33-36-51-49-21-9-13-25-55(49)63(58(51)38-44)56-26-14-10-22-52(56)61-60(63)53-23-11-15-27-59(53)64-61/h3-31,33-39H,32H2,1-2H3/b47-35-. The highest BCUT2D eigenvalue weighted by molar-refractivity contribution is 6.02. The Balaban J connectivity index is 0.945. The van der Waals surface area contributed by atoms with E-state index in [0.717, 1.165) is 17.8 Å². The maximum absolute atomic E-state index is 6.76. The number of benzene rings is 9. The second kappa shape index (κ2) is 13.9. The summed E-state index contributed by atoms with van der Waals surface area (Å²) in [5, 5.41) is 1.18. The fourth-order valence-corrected chi connectivity index (χ4v) is 11.7. The number of fused-ring (bicyclic) bond motifs is 15. The Hall–Kier alpha value is -7.74. The molecule has 0 fully saturated rings. The summed E-state index contributed by atoms with van der Waals surface area (Å²) in [4.78, 5) is 0. The molecule has 1 nitrogen and oxygen atoms in total. The highest BCUT2D eigenvalue weighted by Gasteiger charge is 2.54. The molecule has 0 aliphatic heterocycles. The molecule has 0 saturated heterocycles. The molecule has 302 valence electrons. The molecule has 1 spiro atoms. The molecule has 3 aliphatic carbocycles. The van der Waals surface area contributed by atoms with E-state index in [1.165, 1.54) is 111 Å². The van der Waals surface area contributed by atoms with Crippen LogP contribution in [-0.4, -0.2) is 0 Å². The highest BCUT2D eigenvalue weighted by Crippen LogP contribution is 2.65. The molecule has 3 aliphatic rings. The van der Waals surface area contributed by atoms with E-state index in [4.69, 9.17) is 4.42 Å². The monoisotopic (exact) mass is 816 g/mol. The van der Waals surface area contributed by atoms with Gasteiger partial charge in [-0.2, -0.15) is 0 Å². The maximum atomic E-state index is 6.76. The van der Waals surface area contributed by atoms with Crippen LogP contribution in [0.3, 0.4) is 0 Å². The Morgan fingerprint density at radius 3 is 1.78 bits per heavy atom. The molecular weight excluding hydrogens is 773 g/mol. The number of rotatable bonds is 6. The zero-order valence-corrected chi connectivity index (χ0v) is 35.9. The van der Waals surface area contributed by atoms with Crippen LogP contribution in [0.15, 0.2) is 223 Å². The average molecular weight is 817 g/mol. The van der Waals surface area contributed by atoms with Crippen LogP contribution in [0.4, 0.5) is 0 Å². The van der Waals surface area contributed by atoms with Crippen LogP contribution in [0.2, 0.25) is 0 Å². The van der Waals surface area contributed by atoms with Gasteiger partial charge in [0.2, 0.25) is 0 Å². The van der Waals surface area contributed by atoms with Crippen molar-refractivity contribution in [1.82, 2.24) is 0 Å². The van der Waals surface area contributed by atoms with E-state index in [1.807, 2.05) is 0 Å². The SMILES string of the molecule is CC1(C)c2ccccc2-c2ccc(/C(=C\Cc3ccccc3-c3ccccc3)c3ccc(-c4ccc5c(c4)C4(c6ccccc6-5)c5ccccc5-c5oc6ccccc6c54)cc3)cc21. The average Bonchev–Trinajstić information content (AvgIpc) is 4.04. The van der Waals surface area contributed by atoms with Crippen LogP contribution in [-0.2, 0) is 17.3 Å². The second-order valence-corrected chi connectivity index (χ2v) is 18.3. The minimum absolute atomic E-state index is 0.0925. The van der Waals surface area contributed by atoms with E-state index in [-0.39, 0.29) is 5.41 Å². The zero-order chi connectivity index (χ0) is 42.6. The smallest absolute Gasteiger partial charge is 0.140 e. The first-order valence-corrected chi connectivity index (χ1v) is 22.6. The van der Waals surface area contributed by atoms with Crippen molar-refractivity contribution in [1.29, 1.82) is 0 Å². The van der Waals surface area contributed by atoms with Crippen molar-refractivity contribution >= 4 is 16.5 Å². The van der Waals surface area contributed by atoms with E-state index in [9.17, 15) is 0 Å². The van der Waals surface area contributed by atoms with E-state index >= 15 is 0 Å². The number of hydrogen-bond donors (Lipinski definition) is 0. The van der Waals surface area contributed by atoms with Gasteiger partial charge in [-0.25, -0.2) is 0 Å². The molecule has 1 atom stereocenters. The van der Waals surface area contributed by atoms with E-state index < -0.39 is 5.41 Å². The van der Waals surface area contributed by atoms with Crippen LogP contribution < -0.4 is 0 Å². The third-order valence-corrected chi connectivity index (χ3v) is 14.6. The molecule has 10 aromatic rings. The third kappa shape index (κ3) is 5.19. The second-order valence-electron chi connectivity index (χ2n) is 18.3. The van der Waals surface area contributed by atoms with Gasteiger partial charge in [-0.3, -0.25) is 0 Å². The van der Waals surface area contributed by atoms with Gasteiger partial charge in [0.25, 0.3) is 0 Å². The van der Waals surface area contributed by atoms with Gasteiger partial charge in [0.1, 0.15) is 11.3 Å². The van der Waals surface area contributed by atoms with Gasteiger partial charge < -0.3 is 4.42 Å². The first-order valence-electron chi connectivity index (χ1n) is 22.6. The number of hydrogen-bond acceptors (Lipinski definition) is 1. The minimum atomic E-state index is -0.493. The van der Waals surface area contributed by atoms with Gasteiger partial charge in [0.05, 0.1) is 5.41 Å². The first kappa shape index (κ1) is 36.9. The molecule has 9 aromatic carbocycles. The van der Waals surface area contributed by atoms with Gasteiger partial charge in [-0.05, 0) is 119 Å². The molecule has 0 bridgehead atoms. The molecule has 0 N–H and O–H groups in total. The lowest BCUT2D eigenvalue weighted by molar-refractivity contribution is 0.628. The fourth-order valence-electron chi connectivity index (χ4n) is 11.7. The van der Waals surface area contributed by atoms with Gasteiger partial charge >= 0.3 is 0 Å². The lowest BCUT2D eigenvalue weighted by Gasteiger charge is -2.30. The summed E-state index contributed by atoms with van der Waals surface area (Å²) in [5.74, 6) is 0.985. The maximum Gasteiger partial charge on any atom is 0.140 e. The molecule has 1 unspecified atom stereocenters. The largest absolute Gasteiger partial charge is 0.456 e. The van der Waals surface area contributed by atoms with Crippen LogP contribution in [0.1, 0.15) is 63.9 Å². The van der Waals surface area contributed by atoms with Crippen molar-refractivity contribution in [2.24, 2.45) is 0 Å². The number of furan rings is 1. The molecular formula is C63H44O. The summed E-state index contributed by atoms with van der Waals surface area (Å²) in [6.45, 7) is 4.74. The Kier molecular flexibility index (Phi) is 8.00. The zero-order valence-electron chi connectivity index (χ0n) is 35.9. The number of para-hydroxylation sites is 1. The summed E-state index contributed by atoms with van der Waals surface area (Å²) in [6.07, 6.45) is 3.26. The lowest BCUT2D eigenvalue weighted by Crippen LogP contribution is -2.25. The normalized spacial score (nSPS) is 16.0. The lowest BCUT2D eigenvalue weighted by atomic mass is 9.70. The summed E-state index contributed by atoms with van der Waals surface area (Å²) in [6, 6.07) is 78.6. The summed E-state index contributed by atoms with van der Waals surface area (Å²) in [5.41, 5.74) is 24.7. The van der Waals surface area contributed by atoms with Crippen molar-refractivity contribution in [3.8, 4) is 55.8 Å². The van der Waals surface area contributed by atoms with E-state index in [0.29, 0.717) is 0 Å². The van der Waals surface area contributed by atoms with E-state index in [1.54, 1.807) is 0 Å². The Labute approximate surface area is 374 Å². The summed E-state index contributed by atoms with van der Waals surface area (Å²) < 4.78 is 6.76. The van der Waals surface area contributed by atoms with Crippen LogP contribution in [0.25, 0.3) is 72.4 Å². The summed E-state index contributed by atoms with van der Waals surface area (Å²) in [7, 11) is 0. The number of allylic oxidation sites excluding steroid dienone is 1. The molecule has 1 heteroatoms. The van der Waals surface area contributed by atoms with E-state index in [2.05, 4.69) is 232 Å². The topological polar surface area (TPSA) is 13.1 Å². The van der Waals surface area contributed by atoms with Gasteiger partial charge in [0.15, 0.2) is 0 Å². The quantitative estimate of drug-likeness (QED) is 0.163. The predicted octanol–water partition coefficient (Wildman–Crippen LogP) is 16.1. The molecule has 64 heavy (non-hydrogen) atoms. The molecule has 1 heterocycles. The molecule has 13 rings (SSSR count). The van der Waals surface area contributed by atoms with Crippen molar-refractivity contribution in [2.75, 3.05) is 0 Å². The molecule has 0 radical (unpaired) electrons. The van der Waals surface area contributed by atoms with Gasteiger partial charge in [0, 0.05) is 21.9 Å². The predicted molar refractivity (Wildman–Crippen MR) is 265 cm³/mol. The van der Waals surface area contributed by atoms with Gasteiger partial charge in [-0.1, -0.05) is 214 Å². The van der Waals surface area contributed by atoms with Crippen molar-refractivity contribution < 1.29 is 4.42 Å². The summed E-state index contributed by atoms with van der Waals surface area (Å²) >= 11 is 0. The minimum Gasteiger partial charge on any atom is -0.456 e. The molecule has 1 aromatic heterocycles. The molecule has 0 amide bonds. The Bertz CT molecular complexity index is 3540. The van der Waals surface area contributed by atoms with Crippen molar-refractivity contribution in [3.05, 3.63) is 268 Å². The van der Waals surface area contributed by atoms with Crippen molar-refractivity contribution in [2.45, 2.75) is 31.1 Å². The first-order chi connectivity index (χ1) is 31.5. The third-order valence-electron chi connectivity index (χ3n) is 14.6. The van der Waals surface area contributed by atoms with Crippen LogP contribution in [0, 0.1) is 0 Å². The highest BCUT2D eigenvalue weighted by atomic mass is 16.3. The van der Waals surface area contributed by atoms with Crippen LogP contribution in [0.5, 0.6) is 0 Å². The Morgan fingerprint density at radius 2 is 0.984 bits per heavy atom. The van der Waals surface area contributed by atoms with Crippen LogP contribution >= 0.6 is 0 Å². The van der Waals surface area contributed by atoms with Crippen molar-refractivity contribution in [3.63, 3.8) is 0 Å². The Morgan fingerprint density at radius 1 is 0.422 bits per heavy atom. The fraction of sp³-hybridized carbons (Fsp3) is 0.0794. The van der Waals surface area contributed by atoms with Gasteiger partial charge in [-0.15, -0.1) is 0 Å². The molecule has 0 saturated carbocycles.